The van der Waals surface area contributed by atoms with Crippen LogP contribution in [0.1, 0.15) is 12.6 Å². The van der Waals surface area contributed by atoms with Crippen LogP contribution in [0.4, 0.5) is 5.69 Å². The van der Waals surface area contributed by atoms with Crippen molar-refractivity contribution in [2.45, 2.75) is 31.0 Å². The van der Waals surface area contributed by atoms with E-state index < -0.39 is 31.4 Å². The standard InChI is InChI=1S/C14H22BrN2O4P/c1-22(2,3)5-4-10-12(19)13(20)14(21-10)17-7-8(15)9(16)6-11(17)18/h6-7,10,12-14,19-20H,1,4-5,16H2,2-3H3/t10?,12-,13-,14-/m1/s1. The fourth-order valence-corrected chi connectivity index (χ4v) is 3.70. The normalized spacial score (nSPS) is 29.0. The van der Waals surface area contributed by atoms with Gasteiger partial charge in [0.25, 0.3) is 5.56 Å². The Morgan fingerprint density at radius 2 is 2.09 bits per heavy atom. The van der Waals surface area contributed by atoms with Gasteiger partial charge in [-0.25, -0.2) is 0 Å². The minimum Gasteiger partial charge on any atom is -0.398 e. The molecule has 1 unspecified atom stereocenters. The molecule has 8 heteroatoms. The molecule has 0 aromatic carbocycles. The van der Waals surface area contributed by atoms with Gasteiger partial charge in [0.15, 0.2) is 6.23 Å². The van der Waals surface area contributed by atoms with Crippen LogP contribution in [0, 0.1) is 0 Å². The molecule has 124 valence electrons. The highest BCUT2D eigenvalue weighted by Crippen LogP contribution is 2.39. The highest BCUT2D eigenvalue weighted by atomic mass is 79.9. The molecule has 0 bridgehead atoms. The predicted octanol–water partition coefficient (Wildman–Crippen LogP) is 0.911. The molecule has 1 aliphatic heterocycles. The summed E-state index contributed by atoms with van der Waals surface area (Å²) in [7, 11) is 0. The van der Waals surface area contributed by atoms with Crippen molar-refractivity contribution >= 4 is 34.8 Å². The van der Waals surface area contributed by atoms with Crippen molar-refractivity contribution in [3.05, 3.63) is 27.1 Å². The third-order valence-electron chi connectivity index (χ3n) is 3.69. The van der Waals surface area contributed by atoms with E-state index in [1.54, 1.807) is 0 Å². The summed E-state index contributed by atoms with van der Waals surface area (Å²) in [5.74, 6) is 0. The van der Waals surface area contributed by atoms with Gasteiger partial charge >= 0.3 is 0 Å². The number of ether oxygens (including phenoxy) is 1. The zero-order chi connectivity index (χ0) is 16.7. The summed E-state index contributed by atoms with van der Waals surface area (Å²) in [4.78, 5) is 12.0. The highest BCUT2D eigenvalue weighted by Gasteiger charge is 2.43. The van der Waals surface area contributed by atoms with Crippen LogP contribution in [0.15, 0.2) is 21.5 Å². The zero-order valence-corrected chi connectivity index (χ0v) is 15.1. The molecule has 2 heterocycles. The maximum Gasteiger partial charge on any atom is 0.254 e. The van der Waals surface area contributed by atoms with Crippen LogP contribution in [0.3, 0.4) is 0 Å². The third kappa shape index (κ3) is 3.84. The molecule has 0 radical (unpaired) electrons. The first-order valence-electron chi connectivity index (χ1n) is 6.96. The summed E-state index contributed by atoms with van der Waals surface area (Å²) in [5, 5.41) is 20.4. The Hall–Kier alpha value is -0.590. The van der Waals surface area contributed by atoms with Gasteiger partial charge in [0.05, 0.1) is 16.3 Å². The zero-order valence-electron chi connectivity index (χ0n) is 12.6. The fourth-order valence-electron chi connectivity index (χ4n) is 2.41. The second-order valence-electron chi connectivity index (χ2n) is 6.32. The number of rotatable bonds is 4. The van der Waals surface area contributed by atoms with Crippen molar-refractivity contribution in [1.82, 2.24) is 4.57 Å². The summed E-state index contributed by atoms with van der Waals surface area (Å²) >= 11 is 3.25. The van der Waals surface area contributed by atoms with E-state index in [-0.39, 0.29) is 5.56 Å². The molecule has 22 heavy (non-hydrogen) atoms. The van der Waals surface area contributed by atoms with Gasteiger partial charge < -0.3 is 20.7 Å². The summed E-state index contributed by atoms with van der Waals surface area (Å²) in [6.45, 7) is 2.96. The molecule has 4 N–H and O–H groups in total. The molecule has 1 saturated heterocycles. The third-order valence-corrected chi connectivity index (χ3v) is 5.82. The van der Waals surface area contributed by atoms with Crippen LogP contribution in [-0.2, 0) is 4.74 Å². The van der Waals surface area contributed by atoms with Crippen LogP contribution < -0.4 is 11.3 Å². The van der Waals surface area contributed by atoms with E-state index >= 15 is 0 Å². The summed E-state index contributed by atoms with van der Waals surface area (Å²) in [6, 6.07) is 1.25. The number of nitrogen functional groups attached to an aromatic ring is 1. The Balaban J connectivity index is 2.22. The first-order valence-corrected chi connectivity index (χ1v) is 10.8. The van der Waals surface area contributed by atoms with Gasteiger partial charge in [-0.1, -0.05) is 0 Å². The predicted molar refractivity (Wildman–Crippen MR) is 94.1 cm³/mol. The van der Waals surface area contributed by atoms with Crippen molar-refractivity contribution in [3.63, 3.8) is 0 Å². The second kappa shape index (κ2) is 6.49. The van der Waals surface area contributed by atoms with E-state index in [9.17, 15) is 15.0 Å². The molecular formula is C14H22BrN2O4P. The molecule has 1 aliphatic rings. The monoisotopic (exact) mass is 392 g/mol. The first kappa shape index (κ1) is 17.8. The summed E-state index contributed by atoms with van der Waals surface area (Å²) in [5.41, 5.74) is 5.58. The largest absolute Gasteiger partial charge is 0.398 e. The minimum absolute atomic E-state index is 0.314. The van der Waals surface area contributed by atoms with Crippen molar-refractivity contribution in [2.75, 3.05) is 25.2 Å². The van der Waals surface area contributed by atoms with Crippen LogP contribution in [-0.4, -0.2) is 58.9 Å². The highest BCUT2D eigenvalue weighted by molar-refractivity contribution is 9.10. The van der Waals surface area contributed by atoms with E-state index in [2.05, 4.69) is 35.6 Å². The molecule has 1 fully saturated rings. The summed E-state index contributed by atoms with van der Waals surface area (Å²) in [6.07, 6.45) is 3.42. The molecule has 0 spiro atoms. The SMILES string of the molecule is C=P(C)(C)CCC1O[C@@H](n2cc(Br)c(N)cc2=O)[C@H](O)[C@@H]1O. The van der Waals surface area contributed by atoms with E-state index in [0.717, 1.165) is 6.16 Å². The number of aromatic nitrogens is 1. The molecule has 1 aromatic rings. The molecule has 4 atom stereocenters. The number of pyridine rings is 1. The van der Waals surface area contributed by atoms with Crippen LogP contribution in [0.25, 0.3) is 0 Å². The number of halogens is 1. The lowest BCUT2D eigenvalue weighted by Crippen LogP contribution is -2.34. The van der Waals surface area contributed by atoms with Gasteiger partial charge in [-0.15, -0.1) is 13.2 Å². The van der Waals surface area contributed by atoms with E-state index in [1.807, 2.05) is 0 Å². The van der Waals surface area contributed by atoms with Gasteiger partial charge in [0.1, 0.15) is 12.2 Å². The molecule has 1 aromatic heterocycles. The summed E-state index contributed by atoms with van der Waals surface area (Å²) < 4.78 is 7.52. The molecule has 0 aliphatic carbocycles. The number of nitrogens with two attached hydrogens (primary N) is 1. The Morgan fingerprint density at radius 1 is 1.45 bits per heavy atom. The quantitative estimate of drug-likeness (QED) is 0.661. The molecule has 0 saturated carbocycles. The van der Waals surface area contributed by atoms with Gasteiger partial charge in [0, 0.05) is 12.3 Å². The van der Waals surface area contributed by atoms with Gasteiger partial charge in [-0.05, 0) is 41.8 Å². The lowest BCUT2D eigenvalue weighted by atomic mass is 10.1. The Bertz CT molecular complexity index is 657. The number of aliphatic hydroxyl groups excluding tert-OH is 2. The van der Waals surface area contributed by atoms with Crippen molar-refractivity contribution in [3.8, 4) is 0 Å². The number of anilines is 1. The van der Waals surface area contributed by atoms with Crippen molar-refractivity contribution in [1.29, 1.82) is 0 Å². The second-order valence-corrected chi connectivity index (χ2v) is 11.5. The topological polar surface area (TPSA) is 97.7 Å². The minimum atomic E-state index is -1.25. The maximum atomic E-state index is 12.0. The molecule has 6 nitrogen and oxygen atoms in total. The lowest BCUT2D eigenvalue weighted by molar-refractivity contribution is -0.0395. The number of nitrogens with zero attached hydrogens (tertiary/aromatic N) is 1. The Labute approximate surface area is 138 Å². The van der Waals surface area contributed by atoms with Crippen LogP contribution >= 0.6 is 22.8 Å². The maximum absolute atomic E-state index is 12.0. The van der Waals surface area contributed by atoms with Gasteiger partial charge in [-0.3, -0.25) is 9.36 Å². The van der Waals surface area contributed by atoms with E-state index in [0.29, 0.717) is 16.6 Å². The van der Waals surface area contributed by atoms with Crippen LogP contribution in [0.5, 0.6) is 0 Å². The number of hydrogen-bond acceptors (Lipinski definition) is 5. The number of hydrogen-bond donors (Lipinski definition) is 3. The molecule has 0 amide bonds. The number of aliphatic hydroxyl groups is 2. The van der Waals surface area contributed by atoms with Crippen molar-refractivity contribution < 1.29 is 14.9 Å². The van der Waals surface area contributed by atoms with Crippen LogP contribution in [0.2, 0.25) is 0 Å². The smallest absolute Gasteiger partial charge is 0.254 e. The average Bonchev–Trinajstić information content (AvgIpc) is 2.68. The fraction of sp³-hybridized carbons (Fsp3) is 0.571. The Kier molecular flexibility index (Phi) is 5.24. The lowest BCUT2D eigenvalue weighted by Gasteiger charge is -2.19. The van der Waals surface area contributed by atoms with E-state index in [1.165, 1.54) is 16.8 Å². The molecular weight excluding hydrogens is 371 g/mol. The Morgan fingerprint density at radius 3 is 2.68 bits per heavy atom. The van der Waals surface area contributed by atoms with E-state index in [4.69, 9.17) is 10.5 Å². The van der Waals surface area contributed by atoms with Gasteiger partial charge in [0.2, 0.25) is 0 Å². The van der Waals surface area contributed by atoms with Gasteiger partial charge in [-0.2, -0.15) is 0 Å². The average molecular weight is 393 g/mol. The first-order chi connectivity index (χ1) is 10.1. The molecule has 2 rings (SSSR count). The van der Waals surface area contributed by atoms with Crippen molar-refractivity contribution in [2.24, 2.45) is 0 Å².